The highest BCUT2D eigenvalue weighted by molar-refractivity contribution is 7.17. The van der Waals surface area contributed by atoms with E-state index >= 15 is 0 Å². The Balaban J connectivity index is 1.73. The Labute approximate surface area is 228 Å². The normalized spacial score (nSPS) is 19.6. The van der Waals surface area contributed by atoms with Crippen LogP contribution in [-0.4, -0.2) is 55.2 Å². The van der Waals surface area contributed by atoms with Crippen LogP contribution in [-0.2, 0) is 20.7 Å². The van der Waals surface area contributed by atoms with Crippen LogP contribution in [0.2, 0.25) is 0 Å². The van der Waals surface area contributed by atoms with Crippen molar-refractivity contribution in [1.82, 2.24) is 4.98 Å². The van der Waals surface area contributed by atoms with Gasteiger partial charge in [-0.15, -0.1) is 0 Å². The van der Waals surface area contributed by atoms with Gasteiger partial charge < -0.3 is 24.1 Å². The molecule has 2 aromatic carbocycles. The summed E-state index contributed by atoms with van der Waals surface area (Å²) in [5, 5.41) is 11.6. The number of carbonyl (C=O) groups excluding carboxylic acids is 3. The zero-order valence-electron chi connectivity index (χ0n) is 21.9. The number of amides is 1. The third kappa shape index (κ3) is 4.38. The molecule has 2 unspecified atom stereocenters. The number of fused-ring (bicyclic) bond motifs is 1. The predicted octanol–water partition coefficient (Wildman–Crippen LogP) is 4.21. The number of aliphatic hydroxyl groups is 1. The van der Waals surface area contributed by atoms with Gasteiger partial charge in [0.05, 0.1) is 32.6 Å². The van der Waals surface area contributed by atoms with Gasteiger partial charge in [-0.3, -0.25) is 14.5 Å². The summed E-state index contributed by atoms with van der Waals surface area (Å²) in [5.41, 5.74) is 1.88. The van der Waals surface area contributed by atoms with E-state index in [0.717, 1.165) is 16.9 Å². The molecule has 0 bridgehead atoms. The van der Waals surface area contributed by atoms with Crippen LogP contribution in [0.1, 0.15) is 45.0 Å². The van der Waals surface area contributed by atoms with Crippen LogP contribution >= 0.6 is 11.3 Å². The summed E-state index contributed by atoms with van der Waals surface area (Å²) in [4.78, 5) is 45.2. The van der Waals surface area contributed by atoms with Crippen molar-refractivity contribution in [2.75, 3.05) is 26.2 Å². The molecule has 1 N–H and O–H groups in total. The number of methoxy groups -OCH3 is 3. The number of benzene rings is 2. The first kappa shape index (κ1) is 26.2. The minimum atomic E-state index is -1.11. The summed E-state index contributed by atoms with van der Waals surface area (Å²) in [5.74, 6) is -1.21. The third-order valence-corrected chi connectivity index (χ3v) is 7.85. The van der Waals surface area contributed by atoms with Crippen LogP contribution in [0.3, 0.4) is 0 Å². The molecule has 0 aliphatic carbocycles. The summed E-state index contributed by atoms with van der Waals surface area (Å²) < 4.78 is 21.5. The second-order valence-electron chi connectivity index (χ2n) is 9.13. The fourth-order valence-corrected chi connectivity index (χ4v) is 5.87. The van der Waals surface area contributed by atoms with Crippen LogP contribution < -0.4 is 19.1 Å². The molecule has 0 spiro atoms. The predicted molar refractivity (Wildman–Crippen MR) is 143 cm³/mol. The van der Waals surface area contributed by atoms with E-state index in [1.165, 1.54) is 26.2 Å². The van der Waals surface area contributed by atoms with Gasteiger partial charge in [0.15, 0.2) is 5.13 Å². The number of rotatable bonds is 6. The van der Waals surface area contributed by atoms with E-state index in [-0.39, 0.29) is 27.4 Å². The van der Waals surface area contributed by atoms with Crippen LogP contribution in [0.5, 0.6) is 17.2 Å². The van der Waals surface area contributed by atoms with E-state index in [2.05, 4.69) is 4.98 Å². The molecule has 1 amide bonds. The molecule has 5 rings (SSSR count). The molecule has 39 heavy (non-hydrogen) atoms. The highest BCUT2D eigenvalue weighted by Crippen LogP contribution is 2.47. The Morgan fingerprint density at radius 2 is 1.90 bits per heavy atom. The molecule has 1 aromatic heterocycles. The molecule has 10 nitrogen and oxygen atoms in total. The number of Topliss-reactive ketones (excluding diaryl/α,β-unsaturated/α-hetero) is 1. The van der Waals surface area contributed by atoms with E-state index in [1.54, 1.807) is 43.3 Å². The first-order valence-corrected chi connectivity index (χ1v) is 12.9. The second kappa shape index (κ2) is 10.1. The van der Waals surface area contributed by atoms with E-state index in [4.69, 9.17) is 18.9 Å². The van der Waals surface area contributed by atoms with Crippen molar-refractivity contribution in [3.63, 3.8) is 0 Å². The number of hydrogen-bond donors (Lipinski definition) is 1. The van der Waals surface area contributed by atoms with Crippen molar-refractivity contribution in [2.45, 2.75) is 32.4 Å². The summed E-state index contributed by atoms with van der Waals surface area (Å²) in [6, 6.07) is 8.98. The van der Waals surface area contributed by atoms with E-state index < -0.39 is 23.7 Å². The zero-order valence-corrected chi connectivity index (χ0v) is 22.8. The summed E-state index contributed by atoms with van der Waals surface area (Å²) in [6.45, 7) is 3.55. The topological polar surface area (TPSA) is 124 Å². The van der Waals surface area contributed by atoms with Crippen LogP contribution in [0.4, 0.5) is 5.13 Å². The molecular formula is C28H26N2O8S. The Morgan fingerprint density at radius 3 is 2.59 bits per heavy atom. The van der Waals surface area contributed by atoms with Gasteiger partial charge in [0.2, 0.25) is 0 Å². The number of carbonyl (C=O) groups is 3. The summed E-state index contributed by atoms with van der Waals surface area (Å²) in [7, 11) is 4.21. The van der Waals surface area contributed by atoms with Crippen LogP contribution in [0.15, 0.2) is 42.0 Å². The van der Waals surface area contributed by atoms with Crippen molar-refractivity contribution in [3.05, 3.63) is 69.2 Å². The van der Waals surface area contributed by atoms with E-state index in [9.17, 15) is 19.5 Å². The lowest BCUT2D eigenvalue weighted by molar-refractivity contribution is -0.132. The summed E-state index contributed by atoms with van der Waals surface area (Å²) in [6.07, 6.45) is 0.638. The van der Waals surface area contributed by atoms with Gasteiger partial charge in [-0.1, -0.05) is 11.3 Å². The number of ether oxygens (including phenoxy) is 4. The zero-order chi connectivity index (χ0) is 28.0. The smallest absolute Gasteiger partial charge is 0.350 e. The average molecular weight is 551 g/mol. The molecule has 2 atom stereocenters. The highest BCUT2D eigenvalue weighted by atomic mass is 32.1. The molecule has 202 valence electrons. The van der Waals surface area contributed by atoms with Gasteiger partial charge in [-0.25, -0.2) is 9.78 Å². The molecule has 2 aliphatic heterocycles. The van der Waals surface area contributed by atoms with Gasteiger partial charge in [0.1, 0.15) is 40.0 Å². The number of hydrogen-bond acceptors (Lipinski definition) is 10. The fourth-order valence-electron chi connectivity index (χ4n) is 4.86. The number of aryl methyl sites for hydroxylation is 1. The van der Waals surface area contributed by atoms with Crippen molar-refractivity contribution >= 4 is 39.9 Å². The fraction of sp³-hybridized carbons (Fsp3) is 0.286. The maximum absolute atomic E-state index is 13.6. The van der Waals surface area contributed by atoms with Gasteiger partial charge in [0, 0.05) is 23.6 Å². The molecule has 3 heterocycles. The third-order valence-electron chi connectivity index (χ3n) is 6.71. The number of thiazole rings is 1. The molecule has 2 aliphatic rings. The molecule has 1 saturated heterocycles. The maximum atomic E-state index is 13.6. The Morgan fingerprint density at radius 1 is 1.13 bits per heavy atom. The lowest BCUT2D eigenvalue weighted by atomic mass is 9.94. The van der Waals surface area contributed by atoms with Crippen LogP contribution in [0.25, 0.3) is 5.76 Å². The van der Waals surface area contributed by atoms with Crippen molar-refractivity contribution < 1.29 is 38.4 Å². The number of ketones is 1. The maximum Gasteiger partial charge on any atom is 0.350 e. The Bertz CT molecular complexity index is 1540. The quantitative estimate of drug-likeness (QED) is 0.208. The van der Waals surface area contributed by atoms with Gasteiger partial charge in [-0.05, 0) is 49.7 Å². The highest BCUT2D eigenvalue weighted by Gasteiger charge is 2.49. The largest absolute Gasteiger partial charge is 0.507 e. The Kier molecular flexibility index (Phi) is 6.77. The molecule has 0 saturated carbocycles. The van der Waals surface area contributed by atoms with Crippen LogP contribution in [0, 0.1) is 6.92 Å². The number of nitrogens with zero attached hydrogens (tertiary/aromatic N) is 2. The number of anilines is 1. The van der Waals surface area contributed by atoms with E-state index in [1.807, 2.05) is 6.92 Å². The SMILES string of the molecule is COC(=O)c1sc(N2C(=O)C(=O)/C(=C(/O)c3ccc4c(c3)CC(C)O4)C2c2ccc(OC)cc2OC)nc1C. The van der Waals surface area contributed by atoms with Crippen molar-refractivity contribution in [1.29, 1.82) is 0 Å². The molecular weight excluding hydrogens is 524 g/mol. The van der Waals surface area contributed by atoms with Gasteiger partial charge in [0.25, 0.3) is 5.78 Å². The molecule has 11 heteroatoms. The first-order valence-electron chi connectivity index (χ1n) is 12.1. The molecule has 0 radical (unpaired) electrons. The van der Waals surface area contributed by atoms with Crippen molar-refractivity contribution in [3.8, 4) is 17.2 Å². The lowest BCUT2D eigenvalue weighted by Crippen LogP contribution is -2.29. The summed E-state index contributed by atoms with van der Waals surface area (Å²) >= 11 is 0.922. The van der Waals surface area contributed by atoms with Gasteiger partial charge >= 0.3 is 11.9 Å². The average Bonchev–Trinajstić information content (AvgIpc) is 3.58. The number of esters is 1. The minimum Gasteiger partial charge on any atom is -0.507 e. The lowest BCUT2D eigenvalue weighted by Gasteiger charge is -2.24. The van der Waals surface area contributed by atoms with Crippen molar-refractivity contribution in [2.24, 2.45) is 0 Å². The molecule has 3 aromatic rings. The minimum absolute atomic E-state index is 0.0105. The van der Waals surface area contributed by atoms with Gasteiger partial charge in [-0.2, -0.15) is 0 Å². The second-order valence-corrected chi connectivity index (χ2v) is 10.1. The number of aliphatic hydroxyl groups excluding tert-OH is 1. The standard InChI is InChI=1S/C28H26N2O8S/c1-13-10-16-11-15(6-9-19(16)38-13)23(31)21-22(18-8-7-17(35-3)12-20(18)36-4)30(26(33)24(21)32)28-29-14(2)25(39-28)27(34)37-5/h6-9,11-13,22,31H,10H2,1-5H3/b23-21+. The number of aromatic nitrogens is 1. The molecule has 1 fully saturated rings. The Hall–Kier alpha value is -4.38. The van der Waals surface area contributed by atoms with E-state index in [0.29, 0.717) is 40.5 Å². The monoisotopic (exact) mass is 550 g/mol. The first-order chi connectivity index (χ1) is 18.7.